The molecule has 0 aromatic rings. The summed E-state index contributed by atoms with van der Waals surface area (Å²) in [6.07, 6.45) is 7.36. The first kappa shape index (κ1) is 11.1. The van der Waals surface area contributed by atoms with Crippen molar-refractivity contribution in [2.45, 2.75) is 45.4 Å². The molecule has 0 aromatic heterocycles. The third kappa shape index (κ3) is 4.17. The fourth-order valence-electron chi connectivity index (χ4n) is 1.78. The summed E-state index contributed by atoms with van der Waals surface area (Å²) in [5.74, 6) is 2.87. The highest BCUT2D eigenvalue weighted by Gasteiger charge is 2.21. The van der Waals surface area contributed by atoms with E-state index in [1.54, 1.807) is 0 Å². The van der Waals surface area contributed by atoms with Gasteiger partial charge >= 0.3 is 0 Å². The van der Waals surface area contributed by atoms with Gasteiger partial charge in [-0.2, -0.15) is 11.8 Å². The summed E-state index contributed by atoms with van der Waals surface area (Å²) in [6.45, 7) is 2.19. The Morgan fingerprint density at radius 3 is 2.69 bits per heavy atom. The average molecular weight is 200 g/mol. The fraction of sp³-hybridized carbons (Fsp3) is 0.909. The Morgan fingerprint density at radius 2 is 2.08 bits per heavy atom. The smallest absolute Gasteiger partial charge is 0.145 e. The van der Waals surface area contributed by atoms with Crippen molar-refractivity contribution in [2.75, 3.05) is 11.5 Å². The lowest BCUT2D eigenvalue weighted by atomic mass is 10.0. The predicted molar refractivity (Wildman–Crippen MR) is 59.2 cm³/mol. The molecule has 1 nitrogen and oxygen atoms in total. The quantitative estimate of drug-likeness (QED) is 0.612. The topological polar surface area (TPSA) is 17.1 Å². The molecule has 76 valence electrons. The molecular weight excluding hydrogens is 180 g/mol. The van der Waals surface area contributed by atoms with Gasteiger partial charge in [0.2, 0.25) is 0 Å². The molecule has 0 atom stereocenters. The van der Waals surface area contributed by atoms with Gasteiger partial charge in [-0.25, -0.2) is 0 Å². The number of carbonyl (C=O) groups excluding carboxylic acids is 1. The van der Waals surface area contributed by atoms with Crippen molar-refractivity contribution in [1.82, 2.24) is 0 Å². The summed E-state index contributed by atoms with van der Waals surface area (Å²) in [5, 5.41) is 0. The molecular formula is C11H20OS. The number of Topliss-reactive ketones (excluding diaryl/α,β-unsaturated/α-hetero) is 1. The molecule has 0 bridgehead atoms. The first-order valence-electron chi connectivity index (χ1n) is 5.45. The van der Waals surface area contributed by atoms with Crippen molar-refractivity contribution < 1.29 is 4.79 Å². The van der Waals surface area contributed by atoms with E-state index in [0.29, 0.717) is 11.7 Å². The van der Waals surface area contributed by atoms with E-state index in [2.05, 4.69) is 6.92 Å². The highest BCUT2D eigenvalue weighted by molar-refractivity contribution is 7.99. The van der Waals surface area contributed by atoms with Crippen LogP contribution in [0.2, 0.25) is 0 Å². The Bertz CT molecular complexity index is 150. The summed E-state index contributed by atoms with van der Waals surface area (Å²) in [4.78, 5) is 11.6. The van der Waals surface area contributed by atoms with Gasteiger partial charge in [-0.15, -0.1) is 0 Å². The van der Waals surface area contributed by atoms with Gasteiger partial charge in [0.1, 0.15) is 5.78 Å². The number of ketones is 1. The van der Waals surface area contributed by atoms with E-state index in [1.807, 2.05) is 11.8 Å². The van der Waals surface area contributed by atoms with Gasteiger partial charge in [0.15, 0.2) is 0 Å². The lowest BCUT2D eigenvalue weighted by Crippen LogP contribution is -2.13. The summed E-state index contributed by atoms with van der Waals surface area (Å²) in [7, 11) is 0. The molecule has 0 N–H and O–H groups in total. The van der Waals surface area contributed by atoms with Crippen molar-refractivity contribution >= 4 is 17.5 Å². The van der Waals surface area contributed by atoms with Crippen molar-refractivity contribution in [3.63, 3.8) is 0 Å². The lowest BCUT2D eigenvalue weighted by molar-refractivity contribution is -0.120. The third-order valence-electron chi connectivity index (χ3n) is 2.70. The Morgan fingerprint density at radius 1 is 1.38 bits per heavy atom. The number of hydrogen-bond acceptors (Lipinski definition) is 2. The monoisotopic (exact) mass is 200 g/mol. The van der Waals surface area contributed by atoms with E-state index in [1.165, 1.54) is 25.7 Å². The molecule has 1 fully saturated rings. The zero-order valence-corrected chi connectivity index (χ0v) is 9.37. The number of hydrogen-bond donors (Lipinski definition) is 0. The number of carbonyl (C=O) groups is 1. The van der Waals surface area contributed by atoms with Gasteiger partial charge in [0, 0.05) is 5.92 Å². The molecule has 0 aromatic carbocycles. The summed E-state index contributed by atoms with van der Waals surface area (Å²) < 4.78 is 0. The summed E-state index contributed by atoms with van der Waals surface area (Å²) >= 11 is 1.82. The number of unbranched alkanes of at least 4 members (excludes halogenated alkanes) is 1. The molecule has 0 aliphatic heterocycles. The highest BCUT2D eigenvalue weighted by Crippen LogP contribution is 2.26. The van der Waals surface area contributed by atoms with Crippen molar-refractivity contribution in [3.8, 4) is 0 Å². The molecule has 2 heteroatoms. The molecule has 0 saturated heterocycles. The first-order chi connectivity index (χ1) is 6.34. The third-order valence-corrected chi connectivity index (χ3v) is 3.76. The minimum atomic E-state index is 0.425. The first-order valence-corrected chi connectivity index (χ1v) is 6.60. The molecule has 1 rings (SSSR count). The second-order valence-electron chi connectivity index (χ2n) is 3.85. The maximum atomic E-state index is 11.6. The van der Waals surface area contributed by atoms with Crippen LogP contribution in [0.25, 0.3) is 0 Å². The van der Waals surface area contributed by atoms with Gasteiger partial charge < -0.3 is 0 Å². The van der Waals surface area contributed by atoms with Gasteiger partial charge in [-0.3, -0.25) is 4.79 Å². The van der Waals surface area contributed by atoms with E-state index in [0.717, 1.165) is 24.3 Å². The Balaban J connectivity index is 2.03. The van der Waals surface area contributed by atoms with E-state index < -0.39 is 0 Å². The van der Waals surface area contributed by atoms with Gasteiger partial charge in [-0.1, -0.05) is 26.2 Å². The van der Waals surface area contributed by atoms with E-state index in [4.69, 9.17) is 0 Å². The highest BCUT2D eigenvalue weighted by atomic mass is 32.2. The second-order valence-corrected chi connectivity index (χ2v) is 4.96. The SMILES string of the molecule is CCCCSCC(=O)C1CCCC1. The number of rotatable bonds is 6. The van der Waals surface area contributed by atoms with Crippen LogP contribution in [0, 0.1) is 5.92 Å². The molecule has 0 amide bonds. The van der Waals surface area contributed by atoms with Crippen LogP contribution >= 0.6 is 11.8 Å². The Hall–Kier alpha value is 0.0200. The van der Waals surface area contributed by atoms with Crippen LogP contribution in [-0.4, -0.2) is 17.3 Å². The van der Waals surface area contributed by atoms with Gasteiger partial charge in [-0.05, 0) is 25.0 Å². The van der Waals surface area contributed by atoms with E-state index in [-0.39, 0.29) is 0 Å². The molecule has 1 aliphatic rings. The molecule has 1 saturated carbocycles. The van der Waals surface area contributed by atoms with Crippen molar-refractivity contribution in [1.29, 1.82) is 0 Å². The van der Waals surface area contributed by atoms with Crippen molar-refractivity contribution in [3.05, 3.63) is 0 Å². The zero-order valence-electron chi connectivity index (χ0n) is 8.55. The standard InChI is InChI=1S/C11H20OS/c1-2-3-8-13-9-11(12)10-6-4-5-7-10/h10H,2-9H2,1H3. The van der Waals surface area contributed by atoms with Crippen LogP contribution in [0.15, 0.2) is 0 Å². The Labute approximate surface area is 85.7 Å². The molecule has 0 radical (unpaired) electrons. The lowest BCUT2D eigenvalue weighted by Gasteiger charge is -2.06. The van der Waals surface area contributed by atoms with Crippen LogP contribution in [0.1, 0.15) is 45.4 Å². The normalized spacial score (nSPS) is 17.9. The molecule has 0 unspecified atom stereocenters. The summed E-state index contributed by atoms with van der Waals surface area (Å²) in [5.41, 5.74) is 0. The minimum Gasteiger partial charge on any atom is -0.298 e. The maximum Gasteiger partial charge on any atom is 0.145 e. The maximum absolute atomic E-state index is 11.6. The largest absolute Gasteiger partial charge is 0.298 e. The second kappa shape index (κ2) is 6.47. The van der Waals surface area contributed by atoms with Gasteiger partial charge in [0.05, 0.1) is 5.75 Å². The van der Waals surface area contributed by atoms with Crippen LogP contribution in [0.5, 0.6) is 0 Å². The molecule has 0 heterocycles. The molecule has 1 aliphatic carbocycles. The van der Waals surface area contributed by atoms with Crippen LogP contribution in [0.3, 0.4) is 0 Å². The fourth-order valence-corrected chi connectivity index (χ4v) is 2.86. The zero-order chi connectivity index (χ0) is 9.52. The summed E-state index contributed by atoms with van der Waals surface area (Å²) in [6, 6.07) is 0. The van der Waals surface area contributed by atoms with E-state index in [9.17, 15) is 4.79 Å². The average Bonchev–Trinajstić information content (AvgIpc) is 2.65. The van der Waals surface area contributed by atoms with Crippen molar-refractivity contribution in [2.24, 2.45) is 5.92 Å². The minimum absolute atomic E-state index is 0.425. The van der Waals surface area contributed by atoms with Gasteiger partial charge in [0.25, 0.3) is 0 Å². The van der Waals surface area contributed by atoms with Crippen LogP contribution < -0.4 is 0 Å². The molecule has 13 heavy (non-hydrogen) atoms. The Kier molecular flexibility index (Phi) is 5.52. The van der Waals surface area contributed by atoms with Crippen LogP contribution in [-0.2, 0) is 4.79 Å². The van der Waals surface area contributed by atoms with Crippen LogP contribution in [0.4, 0.5) is 0 Å². The number of thioether (sulfide) groups is 1. The predicted octanol–water partition coefficient (Wildman–Crippen LogP) is 3.28. The van der Waals surface area contributed by atoms with E-state index >= 15 is 0 Å². The molecule has 0 spiro atoms.